The second-order valence-corrected chi connectivity index (χ2v) is 14.8. The molecule has 0 spiro atoms. The Hall–Kier alpha value is -6.62. The van der Waals surface area contributed by atoms with E-state index in [0.29, 0.717) is 0 Å². The molecular formula is C48H28N2OS. The van der Waals surface area contributed by atoms with Gasteiger partial charge in [0.15, 0.2) is 11.5 Å². The molecule has 0 unspecified atom stereocenters. The van der Waals surface area contributed by atoms with Gasteiger partial charge in [-0.25, -0.2) is 0 Å². The Morgan fingerprint density at radius 2 is 1.06 bits per heavy atom. The molecule has 3 aromatic heterocycles. The van der Waals surface area contributed by atoms with E-state index in [1.54, 1.807) is 0 Å². The van der Waals surface area contributed by atoms with Crippen LogP contribution in [0.5, 0.6) is 11.5 Å². The van der Waals surface area contributed by atoms with Crippen LogP contribution >= 0.6 is 11.3 Å². The minimum Gasteiger partial charge on any atom is -0.453 e. The molecule has 11 aromatic rings. The van der Waals surface area contributed by atoms with Gasteiger partial charge < -0.3 is 13.9 Å². The van der Waals surface area contributed by atoms with E-state index in [2.05, 4.69) is 179 Å². The molecule has 4 heterocycles. The standard InChI is InChI=1S/C48H28N2OS/c1-5-15-40-34(9-1)36-13-7-16-44-48(36)50(40)42-28-30(22-26-43(42)51-44)29-19-23-32(24-20-29)49-39-14-4-2-10-35(39)38-27-31(21-25-41(38)49)33-12-8-18-46-47(33)37-11-3-6-17-45(37)52-46/h1-28H. The van der Waals surface area contributed by atoms with Crippen molar-refractivity contribution in [1.82, 2.24) is 9.13 Å². The van der Waals surface area contributed by atoms with Crippen LogP contribution < -0.4 is 4.74 Å². The first-order valence-electron chi connectivity index (χ1n) is 17.7. The maximum atomic E-state index is 6.47. The molecule has 242 valence electrons. The van der Waals surface area contributed by atoms with E-state index in [9.17, 15) is 0 Å². The van der Waals surface area contributed by atoms with Crippen LogP contribution in [-0.2, 0) is 0 Å². The molecule has 0 fully saturated rings. The van der Waals surface area contributed by atoms with Crippen LogP contribution in [0.25, 0.3) is 97.4 Å². The van der Waals surface area contributed by atoms with Crippen LogP contribution in [0, 0.1) is 0 Å². The topological polar surface area (TPSA) is 19.1 Å². The number of ether oxygens (including phenoxy) is 1. The fraction of sp³-hybridized carbons (Fsp3) is 0. The van der Waals surface area contributed by atoms with Crippen LogP contribution in [-0.4, -0.2) is 9.13 Å². The third kappa shape index (κ3) is 3.84. The second-order valence-electron chi connectivity index (χ2n) is 13.7. The Morgan fingerprint density at radius 1 is 0.404 bits per heavy atom. The third-order valence-corrected chi connectivity index (χ3v) is 12.1. The molecule has 0 saturated carbocycles. The molecular weight excluding hydrogens is 653 g/mol. The number of rotatable bonds is 3. The van der Waals surface area contributed by atoms with E-state index in [1.165, 1.54) is 69.4 Å². The zero-order chi connectivity index (χ0) is 33.9. The molecule has 8 aromatic carbocycles. The van der Waals surface area contributed by atoms with E-state index >= 15 is 0 Å². The predicted molar refractivity (Wildman–Crippen MR) is 219 cm³/mol. The van der Waals surface area contributed by atoms with Crippen LogP contribution in [0.4, 0.5) is 0 Å². The maximum absolute atomic E-state index is 6.47. The van der Waals surface area contributed by atoms with Gasteiger partial charge in [-0.05, 0) is 89.0 Å². The van der Waals surface area contributed by atoms with Crippen molar-refractivity contribution in [2.75, 3.05) is 0 Å². The number of benzene rings is 8. The smallest absolute Gasteiger partial charge is 0.152 e. The summed E-state index contributed by atoms with van der Waals surface area (Å²) in [5.41, 5.74) is 11.8. The minimum absolute atomic E-state index is 0.870. The highest BCUT2D eigenvalue weighted by molar-refractivity contribution is 7.25. The summed E-state index contributed by atoms with van der Waals surface area (Å²) in [7, 11) is 0. The Bertz CT molecular complexity index is 3270. The van der Waals surface area contributed by atoms with Crippen molar-refractivity contribution in [3.63, 3.8) is 0 Å². The monoisotopic (exact) mass is 680 g/mol. The Labute approximate surface area is 302 Å². The van der Waals surface area contributed by atoms with Gasteiger partial charge in [0, 0.05) is 47.4 Å². The number of fused-ring (bicyclic) bond motifs is 11. The van der Waals surface area contributed by atoms with Gasteiger partial charge in [-0.15, -0.1) is 11.3 Å². The van der Waals surface area contributed by atoms with Gasteiger partial charge in [0.2, 0.25) is 0 Å². The molecule has 4 heteroatoms. The second kappa shape index (κ2) is 10.5. The molecule has 0 aliphatic carbocycles. The normalized spacial score (nSPS) is 12.4. The van der Waals surface area contributed by atoms with Gasteiger partial charge in [-0.1, -0.05) is 103 Å². The summed E-state index contributed by atoms with van der Waals surface area (Å²) in [6.45, 7) is 0. The molecule has 0 saturated heterocycles. The van der Waals surface area contributed by atoms with Crippen LogP contribution in [0.3, 0.4) is 0 Å². The van der Waals surface area contributed by atoms with Crippen molar-refractivity contribution in [3.8, 4) is 45.1 Å². The lowest BCUT2D eigenvalue weighted by atomic mass is 9.98. The molecule has 0 radical (unpaired) electrons. The highest BCUT2D eigenvalue weighted by Gasteiger charge is 2.24. The lowest BCUT2D eigenvalue weighted by molar-refractivity contribution is 0.476. The summed E-state index contributed by atoms with van der Waals surface area (Å²) in [4.78, 5) is 0. The molecule has 0 amide bonds. The van der Waals surface area contributed by atoms with E-state index in [4.69, 9.17) is 4.74 Å². The Morgan fingerprint density at radius 3 is 1.92 bits per heavy atom. The van der Waals surface area contributed by atoms with Crippen molar-refractivity contribution in [1.29, 1.82) is 0 Å². The fourth-order valence-electron chi connectivity index (χ4n) is 8.63. The molecule has 0 N–H and O–H groups in total. The van der Waals surface area contributed by atoms with E-state index in [1.807, 2.05) is 11.3 Å². The SMILES string of the molecule is c1ccc2c(c1)sc1cccc(-c3ccc4c(c3)c3ccccc3n4-c3ccc(-c4ccc5c(c4)-n4c6ccccc6c6cccc(c64)O5)cc3)c12. The van der Waals surface area contributed by atoms with Crippen LogP contribution in [0.1, 0.15) is 0 Å². The molecule has 1 aliphatic heterocycles. The molecule has 0 bridgehead atoms. The van der Waals surface area contributed by atoms with E-state index in [-0.39, 0.29) is 0 Å². The average Bonchev–Trinajstić information content (AvgIpc) is 3.87. The number of hydrogen-bond donors (Lipinski definition) is 0. The maximum Gasteiger partial charge on any atom is 0.152 e. The summed E-state index contributed by atoms with van der Waals surface area (Å²) in [6.07, 6.45) is 0. The zero-order valence-corrected chi connectivity index (χ0v) is 28.7. The van der Waals surface area contributed by atoms with Crippen molar-refractivity contribution >= 4 is 75.1 Å². The molecule has 1 aliphatic rings. The summed E-state index contributed by atoms with van der Waals surface area (Å²) in [5, 5.41) is 7.63. The summed E-state index contributed by atoms with van der Waals surface area (Å²) in [5.74, 6) is 1.77. The fourth-order valence-corrected chi connectivity index (χ4v) is 9.77. The van der Waals surface area contributed by atoms with Crippen LogP contribution in [0.15, 0.2) is 170 Å². The van der Waals surface area contributed by atoms with Gasteiger partial charge in [0.25, 0.3) is 0 Å². The Balaban J connectivity index is 0.979. The number of nitrogens with zero attached hydrogens (tertiary/aromatic N) is 2. The summed E-state index contributed by atoms with van der Waals surface area (Å²) >= 11 is 1.87. The largest absolute Gasteiger partial charge is 0.453 e. The van der Waals surface area contributed by atoms with Gasteiger partial charge >= 0.3 is 0 Å². The van der Waals surface area contributed by atoms with Crippen molar-refractivity contribution in [3.05, 3.63) is 170 Å². The molecule has 12 rings (SSSR count). The van der Waals surface area contributed by atoms with Crippen molar-refractivity contribution in [2.24, 2.45) is 0 Å². The Kier molecular flexibility index (Phi) is 5.65. The van der Waals surface area contributed by atoms with E-state index in [0.717, 1.165) is 39.5 Å². The number of para-hydroxylation sites is 3. The average molecular weight is 681 g/mol. The van der Waals surface area contributed by atoms with Gasteiger partial charge in [-0.2, -0.15) is 0 Å². The van der Waals surface area contributed by atoms with Crippen molar-refractivity contribution in [2.45, 2.75) is 0 Å². The number of aromatic nitrogens is 2. The predicted octanol–water partition coefficient (Wildman–Crippen LogP) is 13.7. The van der Waals surface area contributed by atoms with Crippen LogP contribution in [0.2, 0.25) is 0 Å². The van der Waals surface area contributed by atoms with Gasteiger partial charge in [0.1, 0.15) is 0 Å². The lowest BCUT2D eigenvalue weighted by Crippen LogP contribution is -2.04. The quantitative estimate of drug-likeness (QED) is 0.182. The first-order valence-corrected chi connectivity index (χ1v) is 18.5. The first-order chi connectivity index (χ1) is 25.8. The van der Waals surface area contributed by atoms with Gasteiger partial charge in [-0.3, -0.25) is 0 Å². The van der Waals surface area contributed by atoms with Gasteiger partial charge in [0.05, 0.1) is 27.8 Å². The number of thiophene rings is 1. The third-order valence-electron chi connectivity index (χ3n) is 10.9. The van der Waals surface area contributed by atoms with Crippen molar-refractivity contribution < 1.29 is 4.74 Å². The van der Waals surface area contributed by atoms with E-state index < -0.39 is 0 Å². The highest BCUT2D eigenvalue weighted by Crippen LogP contribution is 2.47. The summed E-state index contributed by atoms with van der Waals surface area (Å²) < 4.78 is 13.9. The number of hydrogen-bond acceptors (Lipinski definition) is 2. The molecule has 52 heavy (non-hydrogen) atoms. The highest BCUT2D eigenvalue weighted by atomic mass is 32.1. The zero-order valence-electron chi connectivity index (χ0n) is 27.9. The minimum atomic E-state index is 0.870. The molecule has 0 atom stereocenters. The molecule has 3 nitrogen and oxygen atoms in total. The first kappa shape index (κ1) is 28.1. The lowest BCUT2D eigenvalue weighted by Gasteiger charge is -2.21. The summed E-state index contributed by atoms with van der Waals surface area (Å²) in [6, 6.07) is 61.7.